The summed E-state index contributed by atoms with van der Waals surface area (Å²) in [6.45, 7) is 0.508. The van der Waals surface area contributed by atoms with Gasteiger partial charge in [-0.2, -0.15) is 11.3 Å². The first-order chi connectivity index (χ1) is 10.2. The SMILES string of the molecule is COc1ccccc1C(N)CC(=N)OCCc1ccsc1. The quantitative estimate of drug-likeness (QED) is 0.608. The third-order valence-corrected chi connectivity index (χ3v) is 3.92. The van der Waals surface area contributed by atoms with E-state index in [9.17, 15) is 0 Å². The first-order valence-electron chi connectivity index (χ1n) is 6.80. The molecule has 2 aromatic rings. The van der Waals surface area contributed by atoms with Gasteiger partial charge >= 0.3 is 0 Å². The molecular formula is C16H20N2O2S. The molecule has 112 valence electrons. The predicted octanol–water partition coefficient (Wildman–Crippen LogP) is 3.38. The summed E-state index contributed by atoms with van der Waals surface area (Å²) in [5, 5.41) is 12.0. The van der Waals surface area contributed by atoms with E-state index in [-0.39, 0.29) is 11.9 Å². The average Bonchev–Trinajstić information content (AvgIpc) is 3.00. The van der Waals surface area contributed by atoms with Crippen molar-refractivity contribution in [3.8, 4) is 5.75 Å². The third kappa shape index (κ3) is 4.58. The van der Waals surface area contributed by atoms with E-state index in [1.165, 1.54) is 5.56 Å². The standard InChI is InChI=1S/C16H20N2O2S/c1-19-15-5-3-2-4-13(15)14(17)10-16(18)20-8-6-12-7-9-21-11-12/h2-5,7,9,11,14,18H,6,8,10,17H2,1H3. The number of hydrogen-bond donors (Lipinski definition) is 2. The van der Waals surface area contributed by atoms with Crippen LogP contribution in [0.2, 0.25) is 0 Å². The molecule has 0 radical (unpaired) electrons. The average molecular weight is 304 g/mol. The Kier molecular flexibility index (Phi) is 5.78. The predicted molar refractivity (Wildman–Crippen MR) is 86.2 cm³/mol. The lowest BCUT2D eigenvalue weighted by Gasteiger charge is -2.16. The van der Waals surface area contributed by atoms with Gasteiger partial charge in [0.05, 0.1) is 13.7 Å². The van der Waals surface area contributed by atoms with E-state index in [4.69, 9.17) is 20.6 Å². The Morgan fingerprint density at radius 2 is 2.14 bits per heavy atom. The van der Waals surface area contributed by atoms with Gasteiger partial charge in [0, 0.05) is 24.4 Å². The first kappa shape index (κ1) is 15.5. The molecule has 1 unspecified atom stereocenters. The normalized spacial score (nSPS) is 11.9. The van der Waals surface area contributed by atoms with Crippen molar-refractivity contribution in [3.05, 3.63) is 52.2 Å². The van der Waals surface area contributed by atoms with Gasteiger partial charge in [-0.1, -0.05) is 18.2 Å². The van der Waals surface area contributed by atoms with Crippen molar-refractivity contribution in [1.29, 1.82) is 5.41 Å². The van der Waals surface area contributed by atoms with Crippen LogP contribution in [0.1, 0.15) is 23.6 Å². The van der Waals surface area contributed by atoms with Crippen molar-refractivity contribution in [2.75, 3.05) is 13.7 Å². The fourth-order valence-electron chi connectivity index (χ4n) is 2.07. The smallest absolute Gasteiger partial charge is 0.182 e. The maximum Gasteiger partial charge on any atom is 0.182 e. The molecule has 1 aromatic carbocycles. The van der Waals surface area contributed by atoms with Crippen LogP contribution in [0.25, 0.3) is 0 Å². The van der Waals surface area contributed by atoms with Crippen molar-refractivity contribution in [2.24, 2.45) is 5.73 Å². The molecule has 1 aromatic heterocycles. The molecule has 0 spiro atoms. The highest BCUT2D eigenvalue weighted by atomic mass is 32.1. The molecule has 0 aliphatic carbocycles. The molecule has 0 fully saturated rings. The summed E-state index contributed by atoms with van der Waals surface area (Å²) in [5.74, 6) is 0.958. The lowest BCUT2D eigenvalue weighted by atomic mass is 10.0. The van der Waals surface area contributed by atoms with E-state index < -0.39 is 0 Å². The first-order valence-corrected chi connectivity index (χ1v) is 7.74. The van der Waals surface area contributed by atoms with Crippen LogP contribution >= 0.6 is 11.3 Å². The number of nitrogens with one attached hydrogen (secondary N) is 1. The van der Waals surface area contributed by atoms with E-state index in [1.807, 2.05) is 29.6 Å². The zero-order chi connectivity index (χ0) is 15.1. The molecular weight excluding hydrogens is 284 g/mol. The van der Waals surface area contributed by atoms with Crippen molar-refractivity contribution in [3.63, 3.8) is 0 Å². The lowest BCUT2D eigenvalue weighted by molar-refractivity contribution is 0.293. The second kappa shape index (κ2) is 7.81. The van der Waals surface area contributed by atoms with Crippen LogP contribution in [0, 0.1) is 5.41 Å². The van der Waals surface area contributed by atoms with Gasteiger partial charge in [-0.25, -0.2) is 0 Å². The topological polar surface area (TPSA) is 68.3 Å². The second-order valence-corrected chi connectivity index (χ2v) is 5.49. The Morgan fingerprint density at radius 1 is 1.33 bits per heavy atom. The number of benzene rings is 1. The lowest BCUT2D eigenvalue weighted by Crippen LogP contribution is -2.18. The van der Waals surface area contributed by atoms with Crippen LogP contribution in [0.4, 0.5) is 0 Å². The van der Waals surface area contributed by atoms with Crippen molar-refractivity contribution < 1.29 is 9.47 Å². The fourth-order valence-corrected chi connectivity index (χ4v) is 2.77. The minimum Gasteiger partial charge on any atom is -0.496 e. The van der Waals surface area contributed by atoms with Gasteiger partial charge in [0.25, 0.3) is 0 Å². The van der Waals surface area contributed by atoms with Gasteiger partial charge in [-0.05, 0) is 28.5 Å². The zero-order valence-electron chi connectivity index (χ0n) is 12.0. The van der Waals surface area contributed by atoms with Crippen molar-refractivity contribution in [2.45, 2.75) is 18.9 Å². The summed E-state index contributed by atoms with van der Waals surface area (Å²) < 4.78 is 10.7. The molecule has 0 bridgehead atoms. The van der Waals surface area contributed by atoms with Gasteiger partial charge in [0.15, 0.2) is 5.90 Å². The molecule has 0 saturated heterocycles. The third-order valence-electron chi connectivity index (χ3n) is 3.19. The number of nitrogens with two attached hydrogens (primary N) is 1. The fraction of sp³-hybridized carbons (Fsp3) is 0.312. The molecule has 0 aliphatic heterocycles. The van der Waals surface area contributed by atoms with Crippen LogP contribution < -0.4 is 10.5 Å². The van der Waals surface area contributed by atoms with Crippen LogP contribution in [-0.4, -0.2) is 19.6 Å². The highest BCUT2D eigenvalue weighted by Crippen LogP contribution is 2.25. The van der Waals surface area contributed by atoms with Gasteiger partial charge in [0.1, 0.15) is 5.75 Å². The second-order valence-electron chi connectivity index (χ2n) is 4.71. The molecule has 0 amide bonds. The molecule has 0 saturated carbocycles. The molecule has 0 aliphatic rings. The number of ether oxygens (including phenoxy) is 2. The number of methoxy groups -OCH3 is 1. The summed E-state index contributed by atoms with van der Waals surface area (Å²) in [5.41, 5.74) is 8.27. The van der Waals surface area contributed by atoms with Gasteiger partial charge in [0.2, 0.25) is 0 Å². The van der Waals surface area contributed by atoms with Gasteiger partial charge in [-0.15, -0.1) is 0 Å². The monoisotopic (exact) mass is 304 g/mol. The molecule has 21 heavy (non-hydrogen) atoms. The maximum atomic E-state index is 7.88. The highest BCUT2D eigenvalue weighted by Gasteiger charge is 2.14. The van der Waals surface area contributed by atoms with Gasteiger partial charge in [-0.3, -0.25) is 5.41 Å². The van der Waals surface area contributed by atoms with Crippen molar-refractivity contribution in [1.82, 2.24) is 0 Å². The van der Waals surface area contributed by atoms with E-state index in [0.717, 1.165) is 17.7 Å². The van der Waals surface area contributed by atoms with Gasteiger partial charge < -0.3 is 15.2 Å². The summed E-state index contributed by atoms with van der Waals surface area (Å²) in [7, 11) is 1.62. The van der Waals surface area contributed by atoms with E-state index in [1.54, 1.807) is 18.4 Å². The molecule has 5 heteroatoms. The number of hydrogen-bond acceptors (Lipinski definition) is 5. The summed E-state index contributed by atoms with van der Waals surface area (Å²) >= 11 is 1.67. The molecule has 1 atom stereocenters. The maximum absolute atomic E-state index is 7.88. The number of thiophene rings is 1. The van der Waals surface area contributed by atoms with Crippen LogP contribution in [0.5, 0.6) is 5.75 Å². The Bertz CT molecular complexity index is 569. The van der Waals surface area contributed by atoms with E-state index in [2.05, 4.69) is 11.4 Å². The minimum absolute atomic E-state index is 0.212. The number of rotatable bonds is 7. The minimum atomic E-state index is -0.296. The van der Waals surface area contributed by atoms with Crippen molar-refractivity contribution >= 4 is 17.2 Å². The number of para-hydroxylation sites is 1. The Labute approximate surface area is 129 Å². The summed E-state index contributed by atoms with van der Waals surface area (Å²) in [6.07, 6.45) is 1.18. The van der Waals surface area contributed by atoms with E-state index in [0.29, 0.717) is 13.0 Å². The largest absolute Gasteiger partial charge is 0.496 e. The van der Waals surface area contributed by atoms with Crippen LogP contribution in [0.15, 0.2) is 41.1 Å². The molecule has 3 N–H and O–H groups in total. The molecule has 1 heterocycles. The van der Waals surface area contributed by atoms with Crippen LogP contribution in [0.3, 0.4) is 0 Å². The summed E-state index contributed by atoms with van der Waals surface area (Å²) in [4.78, 5) is 0. The Balaban J connectivity index is 1.81. The van der Waals surface area contributed by atoms with Crippen LogP contribution in [-0.2, 0) is 11.2 Å². The summed E-state index contributed by atoms with van der Waals surface area (Å²) in [6, 6.07) is 9.38. The Morgan fingerprint density at radius 3 is 2.86 bits per heavy atom. The zero-order valence-corrected chi connectivity index (χ0v) is 12.9. The highest BCUT2D eigenvalue weighted by molar-refractivity contribution is 7.07. The van der Waals surface area contributed by atoms with E-state index >= 15 is 0 Å². The molecule has 2 rings (SSSR count). The molecule has 4 nitrogen and oxygen atoms in total. The Hall–Kier alpha value is -1.85.